The number of nitrogens with zero attached hydrogens (tertiary/aromatic N) is 4. The van der Waals surface area contributed by atoms with Gasteiger partial charge in [-0.3, -0.25) is 0 Å². The van der Waals surface area contributed by atoms with Gasteiger partial charge in [0.1, 0.15) is 22.0 Å². The van der Waals surface area contributed by atoms with E-state index in [1.165, 1.54) is 29.1 Å². The number of nitrogen functional groups attached to an aromatic ring is 1. The van der Waals surface area contributed by atoms with Crippen molar-refractivity contribution in [2.24, 2.45) is 5.10 Å². The van der Waals surface area contributed by atoms with Crippen molar-refractivity contribution in [3.8, 4) is 5.75 Å². The molecule has 5 rings (SSSR count). The van der Waals surface area contributed by atoms with Crippen LogP contribution in [0.25, 0.3) is 22.2 Å². The third kappa shape index (κ3) is 3.48. The van der Waals surface area contributed by atoms with Gasteiger partial charge < -0.3 is 10.8 Å². The molecular weight excluding hydrogens is 438 g/mol. The van der Waals surface area contributed by atoms with Crippen molar-refractivity contribution in [1.82, 2.24) is 14.6 Å². The highest BCUT2D eigenvalue weighted by Crippen LogP contribution is 2.35. The van der Waals surface area contributed by atoms with E-state index in [0.29, 0.717) is 16.6 Å². The van der Waals surface area contributed by atoms with E-state index in [2.05, 4.69) is 15.1 Å². The fourth-order valence-electron chi connectivity index (χ4n) is 3.56. The Morgan fingerprint density at radius 1 is 0.939 bits per heavy atom. The molecule has 0 aliphatic heterocycles. The number of phenolic OH excluding ortho intramolecular Hbond substituents is 1. The molecule has 0 saturated heterocycles. The zero-order valence-electron chi connectivity index (χ0n) is 17.5. The second-order valence-corrected chi connectivity index (χ2v) is 9.42. The van der Waals surface area contributed by atoms with Crippen LogP contribution in [0.15, 0.2) is 87.7 Å². The summed E-state index contributed by atoms with van der Waals surface area (Å²) in [5.74, 6) is -0.0899. The molecule has 8 nitrogen and oxygen atoms in total. The summed E-state index contributed by atoms with van der Waals surface area (Å²) in [7, 11) is -4.02. The van der Waals surface area contributed by atoms with E-state index < -0.39 is 9.84 Å². The number of aromatic hydroxyl groups is 1. The van der Waals surface area contributed by atoms with Gasteiger partial charge >= 0.3 is 0 Å². The molecule has 9 heteroatoms. The Labute approximate surface area is 189 Å². The lowest BCUT2D eigenvalue weighted by molar-refractivity contribution is 0.474. The maximum Gasteiger partial charge on any atom is 0.212 e. The number of nitrogens with two attached hydrogens (primary N) is 1. The fourth-order valence-corrected chi connectivity index (χ4v) is 5.04. The predicted molar refractivity (Wildman–Crippen MR) is 127 cm³/mol. The first kappa shape index (κ1) is 20.7. The van der Waals surface area contributed by atoms with E-state index in [9.17, 15) is 13.5 Å². The first-order chi connectivity index (χ1) is 15.9. The number of anilines is 1. The number of aromatic nitrogens is 3. The summed E-state index contributed by atoms with van der Waals surface area (Å²) >= 11 is 0. The SMILES string of the molecule is Cc1ccc(S(=O)(=O)c2c(N)n(N=Cc3ccccc3O)c3nc4ccccc4nc23)cc1. The molecule has 0 aliphatic rings. The van der Waals surface area contributed by atoms with Crippen LogP contribution < -0.4 is 5.73 Å². The minimum Gasteiger partial charge on any atom is -0.507 e. The summed E-state index contributed by atoms with van der Waals surface area (Å²) < 4.78 is 28.4. The lowest BCUT2D eigenvalue weighted by Gasteiger charge is -2.05. The van der Waals surface area contributed by atoms with E-state index in [1.54, 1.807) is 48.5 Å². The van der Waals surface area contributed by atoms with Gasteiger partial charge in [-0.1, -0.05) is 42.0 Å². The molecule has 0 unspecified atom stereocenters. The first-order valence-electron chi connectivity index (χ1n) is 10.1. The van der Waals surface area contributed by atoms with Crippen LogP contribution in [0, 0.1) is 6.92 Å². The summed E-state index contributed by atoms with van der Waals surface area (Å²) in [6.07, 6.45) is 1.39. The van der Waals surface area contributed by atoms with Crippen molar-refractivity contribution in [2.45, 2.75) is 16.7 Å². The minimum atomic E-state index is -4.02. The number of aryl methyl sites for hydroxylation is 1. The van der Waals surface area contributed by atoms with Crippen molar-refractivity contribution < 1.29 is 13.5 Å². The third-order valence-electron chi connectivity index (χ3n) is 5.28. The van der Waals surface area contributed by atoms with Crippen molar-refractivity contribution in [3.05, 3.63) is 83.9 Å². The molecule has 2 heterocycles. The van der Waals surface area contributed by atoms with Gasteiger partial charge in [-0.25, -0.2) is 18.4 Å². The Morgan fingerprint density at radius 3 is 2.27 bits per heavy atom. The van der Waals surface area contributed by atoms with Gasteiger partial charge in [0.2, 0.25) is 9.84 Å². The summed E-state index contributed by atoms with van der Waals surface area (Å²) in [4.78, 5) is 9.11. The number of hydrogen-bond acceptors (Lipinski definition) is 7. The molecule has 3 N–H and O–H groups in total. The molecule has 5 aromatic rings. The number of phenols is 1. The zero-order valence-corrected chi connectivity index (χ0v) is 18.4. The number of sulfone groups is 1. The van der Waals surface area contributed by atoms with E-state index in [0.717, 1.165) is 5.56 Å². The molecule has 0 bridgehead atoms. The summed E-state index contributed by atoms with van der Waals surface area (Å²) in [5, 5.41) is 14.4. The molecule has 0 radical (unpaired) electrons. The van der Waals surface area contributed by atoms with Crippen molar-refractivity contribution in [3.63, 3.8) is 0 Å². The van der Waals surface area contributed by atoms with Gasteiger partial charge in [0.25, 0.3) is 0 Å². The number of para-hydroxylation sites is 3. The van der Waals surface area contributed by atoms with Gasteiger partial charge in [0.15, 0.2) is 5.65 Å². The third-order valence-corrected chi connectivity index (χ3v) is 7.11. The van der Waals surface area contributed by atoms with Crippen LogP contribution in [0.1, 0.15) is 11.1 Å². The van der Waals surface area contributed by atoms with Gasteiger partial charge in [-0.05, 0) is 43.3 Å². The highest BCUT2D eigenvalue weighted by molar-refractivity contribution is 7.92. The summed E-state index contributed by atoms with van der Waals surface area (Å²) in [5.41, 5.74) is 9.16. The van der Waals surface area contributed by atoms with Crippen LogP contribution in [0.3, 0.4) is 0 Å². The van der Waals surface area contributed by atoms with Crippen molar-refractivity contribution in [2.75, 3.05) is 5.73 Å². The maximum atomic E-state index is 13.6. The van der Waals surface area contributed by atoms with Crippen LogP contribution in [-0.2, 0) is 9.84 Å². The van der Waals surface area contributed by atoms with Gasteiger partial charge in [-0.2, -0.15) is 9.78 Å². The van der Waals surface area contributed by atoms with E-state index in [4.69, 9.17) is 5.73 Å². The lowest BCUT2D eigenvalue weighted by Crippen LogP contribution is -2.06. The Morgan fingerprint density at radius 2 is 1.58 bits per heavy atom. The normalized spacial score (nSPS) is 12.2. The van der Waals surface area contributed by atoms with E-state index in [1.807, 2.05) is 13.0 Å². The highest BCUT2D eigenvalue weighted by atomic mass is 32.2. The Hall–Kier alpha value is -4.24. The second kappa shape index (κ2) is 7.72. The largest absolute Gasteiger partial charge is 0.507 e. The zero-order chi connectivity index (χ0) is 23.2. The van der Waals surface area contributed by atoms with Crippen molar-refractivity contribution in [1.29, 1.82) is 0 Å². The number of fused-ring (bicyclic) bond motifs is 2. The Kier molecular flexibility index (Phi) is 4.83. The summed E-state index contributed by atoms with van der Waals surface area (Å²) in [6, 6.07) is 20.3. The molecule has 0 spiro atoms. The predicted octanol–water partition coefficient (Wildman–Crippen LogP) is 3.90. The smallest absolute Gasteiger partial charge is 0.212 e. The molecule has 2 aromatic heterocycles. The molecule has 3 aromatic carbocycles. The average Bonchev–Trinajstić information content (AvgIpc) is 3.08. The Balaban J connectivity index is 1.81. The van der Waals surface area contributed by atoms with Gasteiger partial charge in [0, 0.05) is 5.56 Å². The fraction of sp³-hybridized carbons (Fsp3) is 0.0417. The highest BCUT2D eigenvalue weighted by Gasteiger charge is 2.30. The average molecular weight is 458 g/mol. The van der Waals surface area contributed by atoms with Crippen LogP contribution >= 0.6 is 0 Å². The van der Waals surface area contributed by atoms with Crippen LogP contribution in [0.4, 0.5) is 5.82 Å². The number of benzene rings is 3. The maximum absolute atomic E-state index is 13.6. The van der Waals surface area contributed by atoms with E-state index in [-0.39, 0.29) is 32.5 Å². The van der Waals surface area contributed by atoms with Crippen LogP contribution in [0.5, 0.6) is 5.75 Å². The minimum absolute atomic E-state index is 0.0281. The molecule has 0 saturated carbocycles. The number of rotatable bonds is 4. The first-order valence-corrected chi connectivity index (χ1v) is 11.6. The second-order valence-electron chi connectivity index (χ2n) is 7.53. The molecule has 33 heavy (non-hydrogen) atoms. The topological polar surface area (TPSA) is 123 Å². The number of hydrogen-bond donors (Lipinski definition) is 2. The van der Waals surface area contributed by atoms with Crippen LogP contribution in [0.2, 0.25) is 0 Å². The summed E-state index contributed by atoms with van der Waals surface area (Å²) in [6.45, 7) is 1.88. The van der Waals surface area contributed by atoms with Gasteiger partial charge in [0.05, 0.1) is 22.1 Å². The molecular formula is C24H19N5O3S. The van der Waals surface area contributed by atoms with Crippen molar-refractivity contribution >= 4 is 44.1 Å². The van der Waals surface area contributed by atoms with Gasteiger partial charge in [-0.15, -0.1) is 0 Å². The monoisotopic (exact) mass is 457 g/mol. The Bertz CT molecular complexity index is 1660. The quantitative estimate of drug-likeness (QED) is 0.395. The molecule has 164 valence electrons. The molecule has 0 atom stereocenters. The molecule has 0 fully saturated rings. The molecule has 0 amide bonds. The van der Waals surface area contributed by atoms with E-state index >= 15 is 0 Å². The van der Waals surface area contributed by atoms with Crippen LogP contribution in [-0.4, -0.2) is 34.4 Å². The lowest BCUT2D eigenvalue weighted by atomic mass is 10.2. The standard InChI is InChI=1S/C24H19N5O3S/c1-15-10-12-17(13-11-15)33(31,32)22-21-24(28-19-8-4-3-7-18(19)27-21)29(23(22)25)26-14-16-6-2-5-9-20(16)30/h2-14,30H,25H2,1H3. The molecule has 0 aliphatic carbocycles.